The Labute approximate surface area is 96.1 Å². The van der Waals surface area contributed by atoms with Crippen LogP contribution in [0.4, 0.5) is 0 Å². The zero-order valence-electron chi connectivity index (χ0n) is 9.74. The van der Waals surface area contributed by atoms with E-state index in [0.717, 1.165) is 18.9 Å². The maximum atomic E-state index is 5.67. The van der Waals surface area contributed by atoms with Crippen molar-refractivity contribution in [2.24, 2.45) is 12.8 Å². The van der Waals surface area contributed by atoms with Crippen LogP contribution in [0.3, 0.4) is 0 Å². The van der Waals surface area contributed by atoms with Crippen molar-refractivity contribution >= 4 is 10.9 Å². The quantitative estimate of drug-likeness (QED) is 0.836. The number of aromatic nitrogens is 1. The van der Waals surface area contributed by atoms with Gasteiger partial charge < -0.3 is 10.3 Å². The maximum absolute atomic E-state index is 5.67. The van der Waals surface area contributed by atoms with Gasteiger partial charge in [0.05, 0.1) is 5.52 Å². The molecule has 2 N–H and O–H groups in total. The van der Waals surface area contributed by atoms with Crippen molar-refractivity contribution in [3.05, 3.63) is 35.5 Å². The molecule has 1 aliphatic rings. The van der Waals surface area contributed by atoms with Crippen molar-refractivity contribution in [2.45, 2.75) is 25.2 Å². The zero-order valence-corrected chi connectivity index (χ0v) is 9.74. The molecule has 0 aliphatic heterocycles. The number of fused-ring (bicyclic) bond motifs is 1. The van der Waals surface area contributed by atoms with Gasteiger partial charge in [0, 0.05) is 18.1 Å². The first-order valence-corrected chi connectivity index (χ1v) is 6.08. The molecule has 2 aromatic rings. The fraction of sp³-hybridized carbons (Fsp3) is 0.429. The van der Waals surface area contributed by atoms with Gasteiger partial charge >= 0.3 is 0 Å². The van der Waals surface area contributed by atoms with Crippen LogP contribution >= 0.6 is 0 Å². The largest absolute Gasteiger partial charge is 0.347 e. The third-order valence-electron chi connectivity index (χ3n) is 3.59. The molecule has 1 aromatic heterocycles. The van der Waals surface area contributed by atoms with Crippen LogP contribution in [0.1, 0.15) is 30.0 Å². The van der Waals surface area contributed by atoms with Crippen LogP contribution in [-0.2, 0) is 13.5 Å². The lowest BCUT2D eigenvalue weighted by atomic mass is 10.1. The van der Waals surface area contributed by atoms with Crippen molar-refractivity contribution in [3.63, 3.8) is 0 Å². The third-order valence-corrected chi connectivity index (χ3v) is 3.59. The number of nitrogens with zero attached hydrogens (tertiary/aromatic N) is 1. The summed E-state index contributed by atoms with van der Waals surface area (Å²) in [5, 5.41) is 1.37. The zero-order chi connectivity index (χ0) is 11.1. The van der Waals surface area contributed by atoms with Gasteiger partial charge in [-0.1, -0.05) is 18.2 Å². The summed E-state index contributed by atoms with van der Waals surface area (Å²) in [5.74, 6) is 0.808. The van der Waals surface area contributed by atoms with Gasteiger partial charge in [-0.25, -0.2) is 0 Å². The van der Waals surface area contributed by atoms with E-state index in [-0.39, 0.29) is 0 Å². The lowest BCUT2D eigenvalue weighted by molar-refractivity contribution is 0.848. The molecule has 2 nitrogen and oxygen atoms in total. The Balaban J connectivity index is 2.20. The highest BCUT2D eigenvalue weighted by Crippen LogP contribution is 2.42. The van der Waals surface area contributed by atoms with Crippen LogP contribution in [0, 0.1) is 0 Å². The summed E-state index contributed by atoms with van der Waals surface area (Å²) in [7, 11) is 2.19. The fourth-order valence-corrected chi connectivity index (χ4v) is 2.65. The summed E-state index contributed by atoms with van der Waals surface area (Å²) < 4.78 is 2.37. The molecule has 0 atom stereocenters. The number of nitrogens with two attached hydrogens (primary N) is 1. The van der Waals surface area contributed by atoms with Gasteiger partial charge in [0.15, 0.2) is 0 Å². The Morgan fingerprint density at radius 2 is 2.19 bits per heavy atom. The first kappa shape index (κ1) is 9.91. The van der Waals surface area contributed by atoms with E-state index < -0.39 is 0 Å². The molecule has 0 spiro atoms. The van der Waals surface area contributed by atoms with Crippen LogP contribution in [-0.4, -0.2) is 11.1 Å². The standard InChI is InChI=1S/C14H18N2/c1-16-13(10-5-6-10)9-12-4-2-3-11(7-8-15)14(12)16/h2-4,9-10H,5-8,15H2,1H3. The molecule has 0 bridgehead atoms. The summed E-state index contributed by atoms with van der Waals surface area (Å²) >= 11 is 0. The van der Waals surface area contributed by atoms with Gasteiger partial charge in [0.25, 0.3) is 0 Å². The second-order valence-electron chi connectivity index (χ2n) is 4.80. The van der Waals surface area contributed by atoms with Crippen LogP contribution in [0.5, 0.6) is 0 Å². The Hall–Kier alpha value is -1.28. The van der Waals surface area contributed by atoms with Gasteiger partial charge in [-0.3, -0.25) is 0 Å². The number of hydrogen-bond donors (Lipinski definition) is 1. The highest BCUT2D eigenvalue weighted by atomic mass is 15.0. The van der Waals surface area contributed by atoms with Crippen molar-refractivity contribution < 1.29 is 0 Å². The summed E-state index contributed by atoms with van der Waals surface area (Å²) in [4.78, 5) is 0. The predicted molar refractivity (Wildman–Crippen MR) is 67.7 cm³/mol. The maximum Gasteiger partial charge on any atom is 0.0513 e. The first-order chi connectivity index (χ1) is 7.81. The highest BCUT2D eigenvalue weighted by molar-refractivity contribution is 5.84. The van der Waals surface area contributed by atoms with E-state index in [0.29, 0.717) is 0 Å². The Kier molecular flexibility index (Phi) is 2.25. The average molecular weight is 214 g/mol. The second kappa shape index (κ2) is 3.63. The van der Waals surface area contributed by atoms with Gasteiger partial charge in [0.2, 0.25) is 0 Å². The van der Waals surface area contributed by atoms with Gasteiger partial charge in [-0.2, -0.15) is 0 Å². The van der Waals surface area contributed by atoms with Gasteiger partial charge in [-0.15, -0.1) is 0 Å². The van der Waals surface area contributed by atoms with Crippen LogP contribution < -0.4 is 5.73 Å². The molecule has 2 heteroatoms. The lowest BCUT2D eigenvalue weighted by Crippen LogP contribution is -2.04. The smallest absolute Gasteiger partial charge is 0.0513 e. The van der Waals surface area contributed by atoms with Crippen molar-refractivity contribution in [3.8, 4) is 0 Å². The molecule has 1 fully saturated rings. The molecule has 0 unspecified atom stereocenters. The van der Waals surface area contributed by atoms with Crippen LogP contribution in [0.15, 0.2) is 24.3 Å². The van der Waals surface area contributed by atoms with E-state index in [1.54, 1.807) is 0 Å². The normalized spacial score (nSPS) is 15.9. The van der Waals surface area contributed by atoms with Crippen LogP contribution in [0.2, 0.25) is 0 Å². The van der Waals surface area contributed by atoms with E-state index in [1.165, 1.54) is 35.0 Å². The number of aryl methyl sites for hydroxylation is 1. The molecule has 1 heterocycles. The highest BCUT2D eigenvalue weighted by Gasteiger charge is 2.27. The minimum absolute atomic E-state index is 0.725. The molecule has 3 rings (SSSR count). The molecule has 84 valence electrons. The van der Waals surface area contributed by atoms with Gasteiger partial charge in [0.1, 0.15) is 0 Å². The molecular weight excluding hydrogens is 196 g/mol. The SMILES string of the molecule is Cn1c(C2CC2)cc2cccc(CCN)c21. The van der Waals surface area contributed by atoms with Crippen molar-refractivity contribution in [1.82, 2.24) is 4.57 Å². The first-order valence-electron chi connectivity index (χ1n) is 6.08. The van der Waals surface area contributed by atoms with E-state index >= 15 is 0 Å². The molecule has 0 amide bonds. The minimum Gasteiger partial charge on any atom is -0.347 e. The Morgan fingerprint density at radius 1 is 1.38 bits per heavy atom. The van der Waals surface area contributed by atoms with E-state index in [9.17, 15) is 0 Å². The Morgan fingerprint density at radius 3 is 2.88 bits per heavy atom. The number of hydrogen-bond acceptors (Lipinski definition) is 1. The topological polar surface area (TPSA) is 30.9 Å². The predicted octanol–water partition coefficient (Wildman–Crippen LogP) is 2.56. The second-order valence-corrected chi connectivity index (χ2v) is 4.80. The fourth-order valence-electron chi connectivity index (χ4n) is 2.65. The van der Waals surface area contributed by atoms with Crippen molar-refractivity contribution in [2.75, 3.05) is 6.54 Å². The molecule has 1 saturated carbocycles. The summed E-state index contributed by atoms with van der Waals surface area (Å²) in [5.41, 5.74) is 9.94. The molecule has 0 radical (unpaired) electrons. The molecule has 16 heavy (non-hydrogen) atoms. The summed E-state index contributed by atoms with van der Waals surface area (Å²) in [6.07, 6.45) is 3.69. The van der Waals surface area contributed by atoms with Crippen LogP contribution in [0.25, 0.3) is 10.9 Å². The van der Waals surface area contributed by atoms with E-state index in [1.807, 2.05) is 0 Å². The average Bonchev–Trinajstić information content (AvgIpc) is 3.05. The number of rotatable bonds is 3. The van der Waals surface area contributed by atoms with E-state index in [2.05, 4.69) is 35.9 Å². The summed E-state index contributed by atoms with van der Waals surface area (Å²) in [6, 6.07) is 8.91. The lowest BCUT2D eigenvalue weighted by Gasteiger charge is -2.06. The Bertz CT molecular complexity index is 521. The number of para-hydroxylation sites is 1. The number of benzene rings is 1. The van der Waals surface area contributed by atoms with Crippen molar-refractivity contribution in [1.29, 1.82) is 0 Å². The molecular formula is C14H18N2. The third kappa shape index (κ3) is 1.45. The minimum atomic E-state index is 0.725. The molecule has 1 aromatic carbocycles. The molecule has 0 saturated heterocycles. The van der Waals surface area contributed by atoms with Gasteiger partial charge in [-0.05, 0) is 43.4 Å². The summed E-state index contributed by atoms with van der Waals surface area (Å²) in [6.45, 7) is 0.725. The molecule has 1 aliphatic carbocycles. The van der Waals surface area contributed by atoms with E-state index in [4.69, 9.17) is 5.73 Å². The monoisotopic (exact) mass is 214 g/mol.